The van der Waals surface area contributed by atoms with Gasteiger partial charge in [0.25, 0.3) is 0 Å². The molecule has 0 unspecified atom stereocenters. The third-order valence-corrected chi connectivity index (χ3v) is 3.36. The molecule has 0 atom stereocenters. The van der Waals surface area contributed by atoms with Gasteiger partial charge in [0, 0.05) is 17.3 Å². The van der Waals surface area contributed by atoms with Crippen molar-refractivity contribution in [1.29, 1.82) is 0 Å². The highest BCUT2D eigenvalue weighted by molar-refractivity contribution is 7.92. The minimum atomic E-state index is -3.49. The molecule has 126 valence electrons. The molecule has 0 bridgehead atoms. The maximum Gasteiger partial charge on any atom is 0.344 e. The van der Waals surface area contributed by atoms with Crippen LogP contribution < -0.4 is 10.0 Å². The molecule has 1 aromatic heterocycles. The fraction of sp³-hybridized carbons (Fsp3) is 0.0769. The van der Waals surface area contributed by atoms with Crippen molar-refractivity contribution < 1.29 is 28.2 Å². The van der Waals surface area contributed by atoms with E-state index in [-0.39, 0.29) is 11.5 Å². The van der Waals surface area contributed by atoms with Crippen molar-refractivity contribution in [3.8, 4) is 0 Å². The monoisotopic (exact) mass is 352 g/mol. The number of aromatic nitrogens is 2. The topological polar surface area (TPSA) is 159 Å². The Morgan fingerprint density at radius 2 is 1.83 bits per heavy atom. The highest BCUT2D eigenvalue weighted by Gasteiger charge is 2.16. The number of aliphatic carboxylic acids is 2. The number of carboxylic acids is 2. The number of anilines is 2. The first kappa shape index (κ1) is 17.1. The van der Waals surface area contributed by atoms with Crippen LogP contribution in [0, 0.1) is 0 Å². The third-order valence-electron chi connectivity index (χ3n) is 2.75. The van der Waals surface area contributed by atoms with Crippen molar-refractivity contribution in [2.45, 2.75) is 0 Å². The summed E-state index contributed by atoms with van der Waals surface area (Å²) in [6, 6.07) is 4.47. The molecule has 4 N–H and O–H groups in total. The van der Waals surface area contributed by atoms with Gasteiger partial charge in [0.05, 0.1) is 11.8 Å². The van der Waals surface area contributed by atoms with Gasteiger partial charge in [-0.05, 0) is 18.2 Å². The molecule has 0 aliphatic rings. The van der Waals surface area contributed by atoms with Crippen LogP contribution in [-0.2, 0) is 19.6 Å². The fourth-order valence-electron chi connectivity index (χ4n) is 1.80. The summed E-state index contributed by atoms with van der Waals surface area (Å²) in [4.78, 5) is 29.6. The average molecular weight is 352 g/mol. The van der Waals surface area contributed by atoms with Crippen LogP contribution in [0.4, 0.5) is 11.5 Å². The van der Waals surface area contributed by atoms with E-state index in [9.17, 15) is 18.0 Å². The smallest absolute Gasteiger partial charge is 0.344 e. The number of nitrogens with one attached hydrogen (secondary N) is 2. The lowest BCUT2D eigenvalue weighted by molar-refractivity contribution is -0.140. The molecule has 24 heavy (non-hydrogen) atoms. The van der Waals surface area contributed by atoms with Gasteiger partial charge in [-0.25, -0.2) is 28.0 Å². The largest absolute Gasteiger partial charge is 0.477 e. The van der Waals surface area contributed by atoms with Crippen molar-refractivity contribution in [2.75, 3.05) is 16.3 Å². The molecule has 11 heteroatoms. The lowest BCUT2D eigenvalue weighted by atomic mass is 10.2. The van der Waals surface area contributed by atoms with E-state index >= 15 is 0 Å². The van der Waals surface area contributed by atoms with E-state index in [1.165, 1.54) is 24.5 Å². The van der Waals surface area contributed by atoms with Crippen molar-refractivity contribution in [3.63, 3.8) is 0 Å². The van der Waals surface area contributed by atoms with E-state index in [0.29, 0.717) is 10.9 Å². The molecule has 0 fully saturated rings. The molecular weight excluding hydrogens is 340 g/mol. The van der Waals surface area contributed by atoms with Crippen LogP contribution in [-0.4, -0.2) is 46.8 Å². The third kappa shape index (κ3) is 4.16. The van der Waals surface area contributed by atoms with E-state index in [0.717, 1.165) is 12.5 Å². The Kier molecular flexibility index (Phi) is 4.64. The van der Waals surface area contributed by atoms with Crippen LogP contribution in [0.2, 0.25) is 0 Å². The summed E-state index contributed by atoms with van der Waals surface area (Å²) in [5, 5.41) is 20.5. The van der Waals surface area contributed by atoms with Crippen LogP contribution >= 0.6 is 0 Å². The summed E-state index contributed by atoms with van der Waals surface area (Å²) >= 11 is 0. The van der Waals surface area contributed by atoms with E-state index < -0.39 is 27.5 Å². The normalized spacial score (nSPS) is 10.9. The molecule has 2 aromatic rings. The summed E-state index contributed by atoms with van der Waals surface area (Å²) in [6.07, 6.45) is 2.97. The zero-order valence-corrected chi connectivity index (χ0v) is 13.0. The van der Waals surface area contributed by atoms with Gasteiger partial charge in [0.15, 0.2) is 5.57 Å². The number of sulfonamides is 1. The minimum Gasteiger partial charge on any atom is -0.477 e. The molecule has 0 aliphatic heterocycles. The highest BCUT2D eigenvalue weighted by Crippen LogP contribution is 2.23. The van der Waals surface area contributed by atoms with Crippen LogP contribution in [0.1, 0.15) is 0 Å². The van der Waals surface area contributed by atoms with E-state index in [2.05, 4.69) is 20.0 Å². The van der Waals surface area contributed by atoms with Gasteiger partial charge in [-0.2, -0.15) is 0 Å². The summed E-state index contributed by atoms with van der Waals surface area (Å²) in [6.45, 7) is 0. The van der Waals surface area contributed by atoms with Gasteiger partial charge in [-0.1, -0.05) is 0 Å². The fourth-order valence-corrected chi connectivity index (χ4v) is 2.36. The van der Waals surface area contributed by atoms with Gasteiger partial charge in [-0.3, -0.25) is 4.72 Å². The Labute approximate surface area is 135 Å². The second kappa shape index (κ2) is 6.50. The van der Waals surface area contributed by atoms with Crippen molar-refractivity contribution in [1.82, 2.24) is 9.97 Å². The van der Waals surface area contributed by atoms with Crippen LogP contribution in [0.25, 0.3) is 10.9 Å². The van der Waals surface area contributed by atoms with Gasteiger partial charge < -0.3 is 15.5 Å². The lowest BCUT2D eigenvalue weighted by Crippen LogP contribution is -2.13. The maximum atomic E-state index is 11.3. The van der Waals surface area contributed by atoms with E-state index in [1.54, 1.807) is 0 Å². The first-order valence-corrected chi connectivity index (χ1v) is 8.22. The second-order valence-electron chi connectivity index (χ2n) is 4.64. The molecule has 0 saturated heterocycles. The molecule has 10 nitrogen and oxygen atoms in total. The summed E-state index contributed by atoms with van der Waals surface area (Å²) in [5.74, 6) is -3.11. The molecule has 0 saturated carbocycles. The number of nitrogens with zero attached hydrogens (tertiary/aromatic N) is 2. The lowest BCUT2D eigenvalue weighted by Gasteiger charge is -2.08. The Balaban J connectivity index is 2.46. The Morgan fingerprint density at radius 1 is 1.17 bits per heavy atom. The Morgan fingerprint density at radius 3 is 2.42 bits per heavy atom. The zero-order valence-electron chi connectivity index (χ0n) is 12.2. The van der Waals surface area contributed by atoms with Crippen molar-refractivity contribution in [2.24, 2.45) is 0 Å². The first-order valence-electron chi connectivity index (χ1n) is 6.33. The zero-order chi connectivity index (χ0) is 17.9. The van der Waals surface area contributed by atoms with E-state index in [4.69, 9.17) is 10.2 Å². The van der Waals surface area contributed by atoms with Gasteiger partial charge in [-0.15, -0.1) is 0 Å². The molecule has 1 heterocycles. The summed E-state index contributed by atoms with van der Waals surface area (Å²) in [5.41, 5.74) is -0.178. The van der Waals surface area contributed by atoms with Gasteiger partial charge >= 0.3 is 11.9 Å². The van der Waals surface area contributed by atoms with E-state index in [1.807, 2.05) is 0 Å². The van der Waals surface area contributed by atoms with Gasteiger partial charge in [0.2, 0.25) is 10.0 Å². The van der Waals surface area contributed by atoms with Crippen molar-refractivity contribution >= 4 is 44.4 Å². The molecular formula is C13H12N4O6S. The molecule has 0 radical (unpaired) electrons. The number of carboxylic acid groups (broad SMARTS) is 2. The number of fused-ring (bicyclic) bond motifs is 1. The predicted octanol–water partition coefficient (Wildman–Crippen LogP) is 0.466. The molecule has 0 aliphatic carbocycles. The average Bonchev–Trinajstić information content (AvgIpc) is 2.45. The van der Waals surface area contributed by atoms with Crippen molar-refractivity contribution in [3.05, 3.63) is 36.3 Å². The molecule has 2 rings (SSSR count). The number of hydrogen-bond acceptors (Lipinski definition) is 7. The van der Waals surface area contributed by atoms with Crippen LogP contribution in [0.5, 0.6) is 0 Å². The quantitative estimate of drug-likeness (QED) is 0.329. The van der Waals surface area contributed by atoms with Crippen LogP contribution in [0.15, 0.2) is 36.3 Å². The SMILES string of the molecule is CS(=O)(=O)Nc1ccc2ncnc(NC=C(C(=O)O)C(=O)O)c2c1. The molecule has 0 amide bonds. The molecule has 1 aromatic carbocycles. The first-order chi connectivity index (χ1) is 11.2. The number of benzene rings is 1. The Hall–Kier alpha value is -3.21. The molecule has 0 spiro atoms. The number of hydrogen-bond donors (Lipinski definition) is 4. The maximum absolute atomic E-state index is 11.3. The number of rotatable bonds is 6. The summed E-state index contributed by atoms with van der Waals surface area (Å²) in [7, 11) is -3.49. The van der Waals surface area contributed by atoms with Gasteiger partial charge in [0.1, 0.15) is 12.1 Å². The number of carbonyl (C=O) groups is 2. The highest BCUT2D eigenvalue weighted by atomic mass is 32.2. The van der Waals surface area contributed by atoms with Crippen LogP contribution in [0.3, 0.4) is 0 Å². The predicted molar refractivity (Wildman–Crippen MR) is 85.0 cm³/mol. The Bertz CT molecular complexity index is 938. The standard InChI is InChI=1S/C13H12N4O6S/c1-24(22,23)17-7-2-3-10-8(4-7)11(16-6-15-10)14-5-9(12(18)19)13(20)21/h2-6,17H,1H3,(H,18,19)(H,20,21)(H,14,15,16). The minimum absolute atomic E-state index is 0.122. The second-order valence-corrected chi connectivity index (χ2v) is 6.39. The summed E-state index contributed by atoms with van der Waals surface area (Å²) < 4.78 is 24.9.